The van der Waals surface area contributed by atoms with Gasteiger partial charge in [-0.1, -0.05) is 0 Å². The fourth-order valence-corrected chi connectivity index (χ4v) is 0. The molecule has 20 heteroatoms. The molecule has 0 radical (unpaired) electrons. The van der Waals surface area contributed by atoms with Crippen molar-refractivity contribution in [1.29, 1.82) is 0 Å². The van der Waals surface area contributed by atoms with Crippen LogP contribution < -0.4 is 98.5 Å². The number of phosphoric acid groups is 1. The zero-order valence-electron chi connectivity index (χ0n) is 11.1. The first-order valence-corrected chi connectivity index (χ1v) is 2.24. The van der Waals surface area contributed by atoms with Gasteiger partial charge in [-0.15, -0.1) is 0 Å². The van der Waals surface area contributed by atoms with Gasteiger partial charge in [0.05, 0.1) is 7.82 Å². The Morgan fingerprint density at radius 1 is 0.500 bits per heavy atom. The summed E-state index contributed by atoms with van der Waals surface area (Å²) >= 11 is 0. The molecule has 0 spiro atoms. The van der Waals surface area contributed by atoms with Gasteiger partial charge in [0.2, 0.25) is 0 Å². The number of rotatable bonds is 0. The molecule has 0 bridgehead atoms. The van der Waals surface area contributed by atoms with Crippen LogP contribution in [0.3, 0.4) is 0 Å². The molecule has 0 aromatic heterocycles. The first-order chi connectivity index (χ1) is 2.00. The Balaban J connectivity index is -0.000000000762. The summed E-state index contributed by atoms with van der Waals surface area (Å²) < 4.78 is 8.66. The molecule has 25 N–H and O–H groups in total. The van der Waals surface area contributed by atoms with Crippen LogP contribution in [0.4, 0.5) is 0 Å². The molecule has 0 amide bonds. The molecule has 0 aromatic carbocycles. The Kier molecular flexibility index (Phi) is 1490. The second kappa shape index (κ2) is 124. The standard InChI is InChI=1S/3Na.H3O4P.12H2O/c;;;1-5(2,3)4;;;;;;;;;;;;/h;;;(H3,1,2,3,4);12*1H2/q3*+1;;;;;;;;;;;;;/p-2. The molecule has 0 aromatic rings. The predicted octanol–water partition coefficient (Wildman–Crippen LogP) is -21.1. The maximum atomic E-state index is 8.66. The smallest absolute Gasteiger partial charge is 0.790 e. The number of hydrogen-bond donors (Lipinski definition) is 1. The fraction of sp³-hybridized carbons (Fsp3) is 0. The summed E-state index contributed by atoms with van der Waals surface area (Å²) in [6, 6.07) is 0. The fourth-order valence-electron chi connectivity index (χ4n) is 0. The Hall–Kier alpha value is 2.63. The Bertz CT molecular complexity index is 63.9. The minimum atomic E-state index is -5.14. The second-order valence-electron chi connectivity index (χ2n) is 0.469. The van der Waals surface area contributed by atoms with Crippen LogP contribution in [-0.2, 0) is 4.57 Å². The molecule has 0 unspecified atom stereocenters. The molecule has 16 nitrogen and oxygen atoms in total. The van der Waals surface area contributed by atoms with Crippen molar-refractivity contribution in [2.45, 2.75) is 0 Å². The van der Waals surface area contributed by atoms with E-state index in [-0.39, 0.29) is 154 Å². The molecular weight excluding hydrogens is 356 g/mol. The van der Waals surface area contributed by atoms with Gasteiger partial charge in [0.15, 0.2) is 0 Å². The average molecular weight is 381 g/mol. The summed E-state index contributed by atoms with van der Waals surface area (Å²) in [7, 11) is -5.14. The average Bonchev–Trinajstić information content (AvgIpc) is 0.722. The summed E-state index contributed by atoms with van der Waals surface area (Å²) in [5.41, 5.74) is 0. The summed E-state index contributed by atoms with van der Waals surface area (Å²) in [4.78, 5) is 24.3. The van der Waals surface area contributed by atoms with E-state index in [9.17, 15) is 0 Å². The van der Waals surface area contributed by atoms with Crippen LogP contribution in [0.2, 0.25) is 0 Å². The largest absolute Gasteiger partial charge is 1.00 e. The van der Waals surface area contributed by atoms with Gasteiger partial charge in [-0.05, 0) is 0 Å². The van der Waals surface area contributed by atoms with E-state index in [1.807, 2.05) is 0 Å². The Morgan fingerprint density at radius 3 is 0.500 bits per heavy atom. The third kappa shape index (κ3) is 1150. The van der Waals surface area contributed by atoms with Crippen LogP contribution >= 0.6 is 7.82 Å². The zero-order valence-corrected chi connectivity index (χ0v) is 18.0. The summed E-state index contributed by atoms with van der Waals surface area (Å²) in [6.45, 7) is 0. The van der Waals surface area contributed by atoms with E-state index in [0.29, 0.717) is 0 Å². The molecule has 0 aliphatic heterocycles. The van der Waals surface area contributed by atoms with Crippen molar-refractivity contribution >= 4 is 7.82 Å². The molecular formula is H25Na3O16P+. The summed E-state index contributed by atoms with van der Waals surface area (Å²) in [5, 5.41) is 0. The molecule has 0 heterocycles. The van der Waals surface area contributed by atoms with E-state index < -0.39 is 7.82 Å². The number of hydrogen-bond acceptors (Lipinski definition) is 3. The topological polar surface area (TPSA) is 461 Å². The molecule has 0 fully saturated rings. The van der Waals surface area contributed by atoms with Gasteiger partial charge in [0.25, 0.3) is 0 Å². The van der Waals surface area contributed by atoms with Crippen LogP contribution in [0.15, 0.2) is 0 Å². The Morgan fingerprint density at radius 2 is 0.500 bits per heavy atom. The van der Waals surface area contributed by atoms with Crippen molar-refractivity contribution in [2.24, 2.45) is 0 Å². The van der Waals surface area contributed by atoms with E-state index in [0.717, 1.165) is 0 Å². The molecule has 0 saturated heterocycles. The summed E-state index contributed by atoms with van der Waals surface area (Å²) in [6.07, 6.45) is 0. The normalized spacial score (nSPS) is 2.95. The van der Waals surface area contributed by atoms with Crippen LogP contribution in [-0.4, -0.2) is 70.6 Å². The van der Waals surface area contributed by atoms with E-state index in [4.69, 9.17) is 19.2 Å². The van der Waals surface area contributed by atoms with Crippen LogP contribution in [0, 0.1) is 0 Å². The van der Waals surface area contributed by atoms with Crippen molar-refractivity contribution in [3.8, 4) is 0 Å². The molecule has 0 rings (SSSR count). The van der Waals surface area contributed by atoms with Gasteiger partial charge < -0.3 is 85.0 Å². The minimum Gasteiger partial charge on any atom is -0.790 e. The maximum absolute atomic E-state index is 8.66. The molecule has 128 valence electrons. The van der Waals surface area contributed by atoms with E-state index in [2.05, 4.69) is 0 Å². The molecule has 0 aliphatic carbocycles. The van der Waals surface area contributed by atoms with Crippen LogP contribution in [0.25, 0.3) is 0 Å². The third-order valence-electron chi connectivity index (χ3n) is 0. The predicted molar refractivity (Wildman–Crippen MR) is 53.2 cm³/mol. The first kappa shape index (κ1) is 241. The summed E-state index contributed by atoms with van der Waals surface area (Å²) in [5.74, 6) is 0. The van der Waals surface area contributed by atoms with Gasteiger partial charge in [0, 0.05) is 0 Å². The minimum absolute atomic E-state index is 0. The van der Waals surface area contributed by atoms with Gasteiger partial charge in [-0.2, -0.15) is 0 Å². The van der Waals surface area contributed by atoms with Crippen molar-refractivity contribution in [2.75, 3.05) is 0 Å². The van der Waals surface area contributed by atoms with Crippen LogP contribution in [0.1, 0.15) is 0 Å². The molecule has 0 aliphatic rings. The van der Waals surface area contributed by atoms with E-state index in [1.165, 1.54) is 0 Å². The maximum Gasteiger partial charge on any atom is 1.00 e. The quantitative estimate of drug-likeness (QED) is 0.315. The van der Waals surface area contributed by atoms with Crippen molar-refractivity contribution < 1.29 is 174 Å². The molecule has 0 atom stereocenters. The first-order valence-electron chi connectivity index (χ1n) is 0.748. The van der Waals surface area contributed by atoms with Gasteiger partial charge in [-0.3, -0.25) is 0 Å². The monoisotopic (exact) mass is 381 g/mol. The van der Waals surface area contributed by atoms with Gasteiger partial charge >= 0.3 is 88.7 Å². The molecule has 0 saturated carbocycles. The van der Waals surface area contributed by atoms with Crippen molar-refractivity contribution in [1.82, 2.24) is 0 Å². The van der Waals surface area contributed by atoms with E-state index in [1.54, 1.807) is 0 Å². The Labute approximate surface area is 179 Å². The SMILES string of the molecule is O.O.O.O.O.O.O.O.O.O.O.O.O=P([O-])([O-])O.[Na+].[Na+].[Na+]. The second-order valence-corrected chi connectivity index (χ2v) is 1.41. The van der Waals surface area contributed by atoms with Crippen LogP contribution in [0.5, 0.6) is 0 Å². The third-order valence-corrected chi connectivity index (χ3v) is 0. The zero-order chi connectivity index (χ0) is 4.50. The van der Waals surface area contributed by atoms with Crippen molar-refractivity contribution in [3.63, 3.8) is 0 Å². The van der Waals surface area contributed by atoms with Gasteiger partial charge in [0.1, 0.15) is 0 Å². The van der Waals surface area contributed by atoms with Gasteiger partial charge in [-0.25, -0.2) is 0 Å². The van der Waals surface area contributed by atoms with Crippen molar-refractivity contribution in [3.05, 3.63) is 0 Å². The van der Waals surface area contributed by atoms with E-state index >= 15 is 0 Å². The molecule has 20 heavy (non-hydrogen) atoms.